The van der Waals surface area contributed by atoms with E-state index in [2.05, 4.69) is 58.7 Å². The van der Waals surface area contributed by atoms with Crippen LogP contribution in [-0.2, 0) is 4.79 Å². The Morgan fingerprint density at radius 2 is 1.52 bits per heavy atom. The van der Waals surface area contributed by atoms with Crippen LogP contribution < -0.4 is 11.1 Å². The van der Waals surface area contributed by atoms with Gasteiger partial charge in [0.05, 0.1) is 0 Å². The highest BCUT2D eigenvalue weighted by Gasteiger charge is 2.37. The van der Waals surface area contributed by atoms with Gasteiger partial charge in [0.15, 0.2) is 0 Å². The summed E-state index contributed by atoms with van der Waals surface area (Å²) in [6.45, 7) is 2.45. The molecule has 0 bridgehead atoms. The molecule has 1 aliphatic heterocycles. The Hall–Kier alpha value is -2.17. The topological polar surface area (TPSA) is 58.4 Å². The summed E-state index contributed by atoms with van der Waals surface area (Å²) in [4.78, 5) is 15.4. The first-order valence-corrected chi connectivity index (χ1v) is 11.1. The van der Waals surface area contributed by atoms with Gasteiger partial charge in [0.1, 0.15) is 0 Å². The predicted molar refractivity (Wildman–Crippen MR) is 118 cm³/mol. The van der Waals surface area contributed by atoms with Crippen molar-refractivity contribution in [3.63, 3.8) is 0 Å². The molecule has 1 saturated carbocycles. The summed E-state index contributed by atoms with van der Waals surface area (Å²) < 4.78 is 0. The van der Waals surface area contributed by atoms with Crippen molar-refractivity contribution in [2.75, 3.05) is 19.6 Å². The molecule has 4 heteroatoms. The summed E-state index contributed by atoms with van der Waals surface area (Å²) >= 11 is 0. The number of nitrogens with two attached hydrogens (primary N) is 1. The predicted octanol–water partition coefficient (Wildman–Crippen LogP) is 3.53. The Labute approximate surface area is 174 Å². The largest absolute Gasteiger partial charge is 0.355 e. The Morgan fingerprint density at radius 1 is 0.931 bits per heavy atom. The van der Waals surface area contributed by atoms with E-state index in [1.807, 2.05) is 12.1 Å². The van der Waals surface area contributed by atoms with Crippen molar-refractivity contribution in [2.24, 2.45) is 11.7 Å². The summed E-state index contributed by atoms with van der Waals surface area (Å²) in [6, 6.07) is 21.7. The number of nitrogens with one attached hydrogen (secondary N) is 1. The van der Waals surface area contributed by atoms with Crippen LogP contribution in [0.3, 0.4) is 0 Å². The van der Waals surface area contributed by atoms with Crippen LogP contribution in [0.25, 0.3) is 0 Å². The molecule has 2 aromatic carbocycles. The number of carbonyl (C=O) groups is 1. The smallest absolute Gasteiger partial charge is 0.221 e. The van der Waals surface area contributed by atoms with Crippen LogP contribution in [0.4, 0.5) is 0 Å². The fourth-order valence-electron chi connectivity index (χ4n) is 4.68. The Morgan fingerprint density at radius 3 is 2.07 bits per heavy atom. The van der Waals surface area contributed by atoms with Gasteiger partial charge in [-0.15, -0.1) is 0 Å². The normalized spacial score (nSPS) is 22.1. The van der Waals surface area contributed by atoms with E-state index in [4.69, 9.17) is 5.73 Å². The van der Waals surface area contributed by atoms with Crippen molar-refractivity contribution in [3.8, 4) is 0 Å². The van der Waals surface area contributed by atoms with E-state index in [0.717, 1.165) is 25.3 Å². The van der Waals surface area contributed by atoms with Gasteiger partial charge in [0.2, 0.25) is 5.91 Å². The van der Waals surface area contributed by atoms with Crippen LogP contribution in [0.1, 0.15) is 49.1 Å². The van der Waals surface area contributed by atoms with E-state index in [0.29, 0.717) is 31.6 Å². The molecule has 2 aliphatic rings. The molecule has 1 heterocycles. The van der Waals surface area contributed by atoms with Gasteiger partial charge in [-0.1, -0.05) is 60.7 Å². The molecule has 0 spiro atoms. The number of rotatable bonds is 9. The summed E-state index contributed by atoms with van der Waals surface area (Å²) in [5, 5.41) is 3.23. The third-order valence-corrected chi connectivity index (χ3v) is 6.54. The van der Waals surface area contributed by atoms with Gasteiger partial charge >= 0.3 is 0 Å². The van der Waals surface area contributed by atoms with Crippen LogP contribution in [0.15, 0.2) is 60.7 Å². The number of hydrogen-bond donors (Lipinski definition) is 2. The zero-order valence-corrected chi connectivity index (χ0v) is 17.2. The standard InChI is InChI=1S/C25H33N3O/c26-16-23-14-13-22(28(23)18-19-11-12-19)15-25(29)27-17-24(20-7-3-1-4-8-20)21-9-5-2-6-10-21/h1-10,19,22-24H,11-18,26H2,(H,27,29)/t22-,23+/m0/s1. The summed E-state index contributed by atoms with van der Waals surface area (Å²) in [5.74, 6) is 1.16. The van der Waals surface area contributed by atoms with Crippen LogP contribution in [0, 0.1) is 5.92 Å². The van der Waals surface area contributed by atoms with Gasteiger partial charge in [-0.2, -0.15) is 0 Å². The van der Waals surface area contributed by atoms with Crippen molar-refractivity contribution in [1.29, 1.82) is 0 Å². The maximum Gasteiger partial charge on any atom is 0.221 e. The van der Waals surface area contributed by atoms with Gasteiger partial charge in [-0.3, -0.25) is 9.69 Å². The lowest BCUT2D eigenvalue weighted by molar-refractivity contribution is -0.122. The Kier molecular flexibility index (Phi) is 6.63. The fraction of sp³-hybridized carbons (Fsp3) is 0.480. The first kappa shape index (κ1) is 20.1. The van der Waals surface area contributed by atoms with Crippen LogP contribution in [0.5, 0.6) is 0 Å². The number of amides is 1. The summed E-state index contributed by atoms with van der Waals surface area (Å²) in [5.41, 5.74) is 8.47. The van der Waals surface area contributed by atoms with Gasteiger partial charge in [0, 0.05) is 44.1 Å². The molecular weight excluding hydrogens is 358 g/mol. The maximum atomic E-state index is 12.8. The van der Waals surface area contributed by atoms with Gasteiger partial charge in [-0.05, 0) is 42.7 Å². The van der Waals surface area contributed by atoms with Gasteiger partial charge in [0.25, 0.3) is 0 Å². The second kappa shape index (κ2) is 9.55. The first-order chi connectivity index (χ1) is 14.2. The lowest BCUT2D eigenvalue weighted by Crippen LogP contribution is -2.43. The van der Waals surface area contributed by atoms with E-state index in [1.165, 1.54) is 24.0 Å². The minimum Gasteiger partial charge on any atom is -0.355 e. The van der Waals surface area contributed by atoms with E-state index in [-0.39, 0.29) is 11.8 Å². The molecule has 29 heavy (non-hydrogen) atoms. The summed E-state index contributed by atoms with van der Waals surface area (Å²) in [6.07, 6.45) is 5.46. The second-order valence-electron chi connectivity index (χ2n) is 8.64. The first-order valence-electron chi connectivity index (χ1n) is 11.1. The SMILES string of the molecule is NC[C@H]1CC[C@@H](CC(=O)NCC(c2ccccc2)c2ccccc2)N1CC1CC1. The van der Waals surface area contributed by atoms with Crippen LogP contribution in [0.2, 0.25) is 0 Å². The molecule has 1 amide bonds. The molecule has 2 fully saturated rings. The van der Waals surface area contributed by atoms with Crippen LogP contribution >= 0.6 is 0 Å². The zero-order chi connectivity index (χ0) is 20.1. The highest BCUT2D eigenvalue weighted by atomic mass is 16.1. The molecular formula is C25H33N3O. The number of benzene rings is 2. The van der Waals surface area contributed by atoms with Gasteiger partial charge < -0.3 is 11.1 Å². The molecule has 0 unspecified atom stereocenters. The Balaban J connectivity index is 1.38. The molecule has 1 saturated heterocycles. The minimum atomic E-state index is 0.158. The zero-order valence-electron chi connectivity index (χ0n) is 17.2. The Bertz CT molecular complexity index is 736. The molecule has 1 aliphatic carbocycles. The minimum absolute atomic E-state index is 0.158. The van der Waals surface area contributed by atoms with Crippen molar-refractivity contribution in [1.82, 2.24) is 10.2 Å². The maximum absolute atomic E-state index is 12.8. The third-order valence-electron chi connectivity index (χ3n) is 6.54. The van der Waals surface area contributed by atoms with Crippen molar-refractivity contribution >= 4 is 5.91 Å². The highest BCUT2D eigenvalue weighted by molar-refractivity contribution is 5.76. The molecule has 4 nitrogen and oxygen atoms in total. The van der Waals surface area contributed by atoms with Crippen molar-refractivity contribution < 1.29 is 4.79 Å². The van der Waals surface area contributed by atoms with Crippen molar-refractivity contribution in [2.45, 2.75) is 50.1 Å². The van der Waals surface area contributed by atoms with E-state index in [9.17, 15) is 4.79 Å². The molecule has 0 radical (unpaired) electrons. The fourth-order valence-corrected chi connectivity index (χ4v) is 4.68. The highest BCUT2D eigenvalue weighted by Crippen LogP contribution is 2.35. The van der Waals surface area contributed by atoms with Crippen LogP contribution in [-0.4, -0.2) is 42.5 Å². The molecule has 2 atom stereocenters. The molecule has 154 valence electrons. The average molecular weight is 392 g/mol. The summed E-state index contributed by atoms with van der Waals surface area (Å²) in [7, 11) is 0. The third kappa shape index (κ3) is 5.26. The lowest BCUT2D eigenvalue weighted by atomic mass is 9.91. The molecule has 3 N–H and O–H groups in total. The van der Waals surface area contributed by atoms with E-state index < -0.39 is 0 Å². The van der Waals surface area contributed by atoms with E-state index >= 15 is 0 Å². The number of hydrogen-bond acceptors (Lipinski definition) is 3. The second-order valence-corrected chi connectivity index (χ2v) is 8.64. The molecule has 4 rings (SSSR count). The van der Waals surface area contributed by atoms with E-state index in [1.54, 1.807) is 0 Å². The number of nitrogens with zero attached hydrogens (tertiary/aromatic N) is 1. The molecule has 0 aromatic heterocycles. The quantitative estimate of drug-likeness (QED) is 0.688. The van der Waals surface area contributed by atoms with Crippen molar-refractivity contribution in [3.05, 3.63) is 71.8 Å². The van der Waals surface area contributed by atoms with Gasteiger partial charge in [-0.25, -0.2) is 0 Å². The lowest BCUT2D eigenvalue weighted by Gasteiger charge is -2.29. The molecule has 2 aromatic rings. The average Bonchev–Trinajstić information content (AvgIpc) is 3.50. The number of carbonyl (C=O) groups excluding carboxylic acids is 1. The monoisotopic (exact) mass is 391 g/mol. The number of likely N-dealkylation sites (tertiary alicyclic amines) is 1.